The molecule has 20 heavy (non-hydrogen) atoms. The summed E-state index contributed by atoms with van der Waals surface area (Å²) in [5, 5.41) is 13.2. The van der Waals surface area contributed by atoms with Gasteiger partial charge in [0, 0.05) is 19.2 Å². The van der Waals surface area contributed by atoms with Crippen LogP contribution in [0.15, 0.2) is 18.2 Å². The third-order valence-electron chi connectivity index (χ3n) is 4.13. The van der Waals surface area contributed by atoms with E-state index in [1.807, 2.05) is 0 Å². The zero-order chi connectivity index (χ0) is 14.1. The lowest BCUT2D eigenvalue weighted by atomic mass is 10.0. The van der Waals surface area contributed by atoms with E-state index in [-0.39, 0.29) is 24.3 Å². The normalized spacial score (nSPS) is 27.8. The van der Waals surface area contributed by atoms with Crippen LogP contribution in [-0.4, -0.2) is 30.4 Å². The molecule has 0 amide bonds. The van der Waals surface area contributed by atoms with Crippen LogP contribution in [0.2, 0.25) is 0 Å². The predicted molar refractivity (Wildman–Crippen MR) is 70.2 cm³/mol. The summed E-state index contributed by atoms with van der Waals surface area (Å²) in [6, 6.07) is 3.79. The topological polar surface area (TPSA) is 41.5 Å². The number of nitrogens with one attached hydrogen (secondary N) is 1. The Bertz CT molecular complexity index is 459. The van der Waals surface area contributed by atoms with E-state index in [4.69, 9.17) is 4.74 Å². The molecule has 2 fully saturated rings. The minimum Gasteiger partial charge on any atom is -0.387 e. The molecular weight excluding hydrogens is 264 g/mol. The summed E-state index contributed by atoms with van der Waals surface area (Å²) >= 11 is 0. The van der Waals surface area contributed by atoms with Crippen LogP contribution in [0.3, 0.4) is 0 Å². The third-order valence-corrected chi connectivity index (χ3v) is 4.13. The monoisotopic (exact) mass is 283 g/mol. The molecule has 110 valence electrons. The Morgan fingerprint density at radius 1 is 1.25 bits per heavy atom. The fourth-order valence-corrected chi connectivity index (χ4v) is 2.91. The lowest BCUT2D eigenvalue weighted by Gasteiger charge is -2.22. The maximum Gasteiger partial charge on any atom is 0.131 e. The van der Waals surface area contributed by atoms with Crippen LogP contribution in [-0.2, 0) is 4.74 Å². The van der Waals surface area contributed by atoms with Crippen molar-refractivity contribution in [3.05, 3.63) is 35.4 Å². The molecule has 1 aliphatic carbocycles. The molecule has 1 aromatic carbocycles. The van der Waals surface area contributed by atoms with Crippen LogP contribution in [0.4, 0.5) is 8.78 Å². The second-order valence-electron chi connectivity index (χ2n) is 5.63. The van der Waals surface area contributed by atoms with E-state index in [9.17, 15) is 13.9 Å². The molecule has 0 radical (unpaired) electrons. The van der Waals surface area contributed by atoms with Gasteiger partial charge in [-0.05, 0) is 37.3 Å². The fraction of sp³-hybridized carbons (Fsp3) is 0.600. The predicted octanol–water partition coefficient (Wildman–Crippen LogP) is 2.16. The smallest absolute Gasteiger partial charge is 0.131 e. The highest BCUT2D eigenvalue weighted by Crippen LogP contribution is 2.38. The van der Waals surface area contributed by atoms with Crippen molar-refractivity contribution in [1.82, 2.24) is 5.32 Å². The molecule has 0 bridgehead atoms. The molecule has 5 heteroatoms. The first-order valence-electron chi connectivity index (χ1n) is 7.14. The molecule has 1 aliphatic heterocycles. The summed E-state index contributed by atoms with van der Waals surface area (Å²) in [5.41, 5.74) is -0.262. The molecule has 2 N–H and O–H groups in total. The number of rotatable bonds is 5. The molecule has 1 aromatic rings. The van der Waals surface area contributed by atoms with Crippen LogP contribution in [0.5, 0.6) is 0 Å². The number of hydrogen-bond acceptors (Lipinski definition) is 3. The van der Waals surface area contributed by atoms with E-state index < -0.39 is 17.7 Å². The van der Waals surface area contributed by atoms with Crippen molar-refractivity contribution < 1.29 is 18.6 Å². The average Bonchev–Trinajstić information content (AvgIpc) is 3.15. The lowest BCUT2D eigenvalue weighted by molar-refractivity contribution is 0.0765. The van der Waals surface area contributed by atoms with Gasteiger partial charge in [-0.2, -0.15) is 0 Å². The molecule has 0 aromatic heterocycles. The number of halogens is 2. The summed E-state index contributed by atoms with van der Waals surface area (Å²) in [6.45, 7) is 0.845. The minimum absolute atomic E-state index is 0.134. The highest BCUT2D eigenvalue weighted by molar-refractivity contribution is 5.22. The molecule has 2 aliphatic rings. The SMILES string of the molecule is OC(CNC1CCOC1C1CC1)c1c(F)cccc1F. The van der Waals surface area contributed by atoms with Gasteiger partial charge >= 0.3 is 0 Å². The second kappa shape index (κ2) is 5.76. The Labute approximate surface area is 116 Å². The quantitative estimate of drug-likeness (QED) is 0.870. The van der Waals surface area contributed by atoms with Crippen molar-refractivity contribution in [2.45, 2.75) is 37.5 Å². The zero-order valence-corrected chi connectivity index (χ0v) is 11.2. The first-order chi connectivity index (χ1) is 9.66. The maximum atomic E-state index is 13.6. The number of hydrogen-bond donors (Lipinski definition) is 2. The number of ether oxygens (including phenoxy) is 1. The van der Waals surface area contributed by atoms with Crippen LogP contribution >= 0.6 is 0 Å². The molecule has 1 heterocycles. The van der Waals surface area contributed by atoms with Crippen LogP contribution in [0, 0.1) is 17.6 Å². The third kappa shape index (κ3) is 2.85. The molecule has 3 rings (SSSR count). The van der Waals surface area contributed by atoms with E-state index in [0.29, 0.717) is 12.5 Å². The van der Waals surface area contributed by atoms with Crippen molar-refractivity contribution in [2.24, 2.45) is 5.92 Å². The molecule has 3 nitrogen and oxygen atoms in total. The fourth-order valence-electron chi connectivity index (χ4n) is 2.91. The second-order valence-corrected chi connectivity index (χ2v) is 5.63. The molecular formula is C15H19F2NO2. The van der Waals surface area contributed by atoms with Crippen molar-refractivity contribution >= 4 is 0 Å². The Morgan fingerprint density at radius 2 is 1.95 bits per heavy atom. The van der Waals surface area contributed by atoms with Gasteiger partial charge in [-0.3, -0.25) is 0 Å². The summed E-state index contributed by atoms with van der Waals surface area (Å²) in [6.07, 6.45) is 2.26. The number of aliphatic hydroxyl groups excluding tert-OH is 1. The van der Waals surface area contributed by atoms with Gasteiger partial charge in [0.15, 0.2) is 0 Å². The van der Waals surface area contributed by atoms with Gasteiger partial charge in [-0.15, -0.1) is 0 Å². The summed E-state index contributed by atoms with van der Waals surface area (Å²) in [4.78, 5) is 0. The van der Waals surface area contributed by atoms with Crippen LogP contribution in [0.1, 0.15) is 30.9 Å². The van der Waals surface area contributed by atoms with Crippen LogP contribution in [0.25, 0.3) is 0 Å². The van der Waals surface area contributed by atoms with E-state index in [2.05, 4.69) is 5.32 Å². The Morgan fingerprint density at radius 3 is 2.60 bits per heavy atom. The standard InChI is InChI=1S/C15H19F2NO2/c16-10-2-1-3-11(17)14(10)13(19)8-18-12-6-7-20-15(12)9-4-5-9/h1-3,9,12-13,15,18-19H,4-8H2. The molecule has 1 saturated heterocycles. The molecule has 0 spiro atoms. The Balaban J connectivity index is 1.60. The first-order valence-corrected chi connectivity index (χ1v) is 7.14. The van der Waals surface area contributed by atoms with Crippen molar-refractivity contribution in [3.8, 4) is 0 Å². The highest BCUT2D eigenvalue weighted by Gasteiger charge is 2.40. The zero-order valence-electron chi connectivity index (χ0n) is 11.2. The van der Waals surface area contributed by atoms with Crippen molar-refractivity contribution in [1.29, 1.82) is 0 Å². The van der Waals surface area contributed by atoms with Gasteiger partial charge in [-0.1, -0.05) is 6.07 Å². The van der Waals surface area contributed by atoms with Crippen molar-refractivity contribution in [2.75, 3.05) is 13.2 Å². The highest BCUT2D eigenvalue weighted by atomic mass is 19.1. The maximum absolute atomic E-state index is 13.6. The molecule has 3 atom stereocenters. The summed E-state index contributed by atoms with van der Waals surface area (Å²) in [5.74, 6) is -0.807. The molecule has 3 unspecified atom stereocenters. The summed E-state index contributed by atoms with van der Waals surface area (Å²) < 4.78 is 32.8. The number of benzene rings is 1. The van der Waals surface area contributed by atoms with Gasteiger partial charge in [0.2, 0.25) is 0 Å². The van der Waals surface area contributed by atoms with E-state index in [1.54, 1.807) is 0 Å². The van der Waals surface area contributed by atoms with Gasteiger partial charge < -0.3 is 15.2 Å². The number of aliphatic hydroxyl groups is 1. The van der Waals surface area contributed by atoms with Crippen LogP contribution < -0.4 is 5.32 Å². The lowest BCUT2D eigenvalue weighted by Crippen LogP contribution is -2.40. The van der Waals surface area contributed by atoms with Crippen molar-refractivity contribution in [3.63, 3.8) is 0 Å². The van der Waals surface area contributed by atoms with Gasteiger partial charge in [0.1, 0.15) is 11.6 Å². The molecule has 1 saturated carbocycles. The Kier molecular flexibility index (Phi) is 4.01. The first kappa shape index (κ1) is 13.9. The largest absolute Gasteiger partial charge is 0.387 e. The van der Waals surface area contributed by atoms with E-state index >= 15 is 0 Å². The van der Waals surface area contributed by atoms with Gasteiger partial charge in [-0.25, -0.2) is 8.78 Å². The minimum atomic E-state index is -1.18. The van der Waals surface area contributed by atoms with Gasteiger partial charge in [0.25, 0.3) is 0 Å². The Hall–Kier alpha value is -1.04. The van der Waals surface area contributed by atoms with E-state index in [0.717, 1.165) is 18.6 Å². The van der Waals surface area contributed by atoms with E-state index in [1.165, 1.54) is 18.9 Å². The van der Waals surface area contributed by atoms with Gasteiger partial charge in [0.05, 0.1) is 17.8 Å². The summed E-state index contributed by atoms with van der Waals surface area (Å²) in [7, 11) is 0. The average molecular weight is 283 g/mol.